The van der Waals surface area contributed by atoms with Gasteiger partial charge in [-0.25, -0.2) is 9.18 Å². The minimum absolute atomic E-state index is 0.196. The summed E-state index contributed by atoms with van der Waals surface area (Å²) in [7, 11) is 1.38. The lowest BCUT2D eigenvalue weighted by Crippen LogP contribution is -2.14. The van der Waals surface area contributed by atoms with Gasteiger partial charge in [0.25, 0.3) is 0 Å². The summed E-state index contributed by atoms with van der Waals surface area (Å²) in [5, 5.41) is 0. The Hall–Kier alpha value is -1.12. The molecule has 0 aromatic heterocycles. The zero-order valence-corrected chi connectivity index (χ0v) is 15.5. The molecule has 1 saturated carbocycles. The topological polar surface area (TPSA) is 26.3 Å². The summed E-state index contributed by atoms with van der Waals surface area (Å²) in [6.07, 6.45) is 19.1. The molecule has 1 fully saturated rings. The van der Waals surface area contributed by atoms with Crippen molar-refractivity contribution < 1.29 is 13.9 Å². The van der Waals surface area contributed by atoms with Gasteiger partial charge in [0.15, 0.2) is 0 Å². The molecule has 0 amide bonds. The third kappa shape index (κ3) is 8.65. The van der Waals surface area contributed by atoms with Crippen LogP contribution in [0.3, 0.4) is 0 Å². The van der Waals surface area contributed by atoms with Gasteiger partial charge in [0.1, 0.15) is 6.17 Å². The van der Waals surface area contributed by atoms with Gasteiger partial charge >= 0.3 is 5.97 Å². The Morgan fingerprint density at radius 3 is 2.58 bits per heavy atom. The Labute approximate surface area is 147 Å². The lowest BCUT2D eigenvalue weighted by Gasteiger charge is -2.18. The normalized spacial score (nSPS) is 24.2. The molecule has 0 N–H and O–H groups in total. The molecule has 138 valence electrons. The molecule has 1 unspecified atom stereocenters. The maximum absolute atomic E-state index is 14.1. The lowest BCUT2D eigenvalue weighted by molar-refractivity contribution is -0.134. The van der Waals surface area contributed by atoms with Gasteiger partial charge in [0, 0.05) is 6.08 Å². The van der Waals surface area contributed by atoms with Crippen molar-refractivity contribution >= 4 is 5.97 Å². The molecular weight excluding hydrogens is 303 g/mol. The number of methoxy groups -OCH3 is 1. The zero-order valence-electron chi connectivity index (χ0n) is 15.5. The van der Waals surface area contributed by atoms with Gasteiger partial charge in [-0.3, -0.25) is 0 Å². The van der Waals surface area contributed by atoms with E-state index in [2.05, 4.69) is 23.8 Å². The predicted octanol–water partition coefficient (Wildman–Crippen LogP) is 6.17. The van der Waals surface area contributed by atoms with Crippen LogP contribution in [0.2, 0.25) is 0 Å². The number of carbonyl (C=O) groups is 1. The Balaban J connectivity index is 2.22. The average molecular weight is 339 g/mol. The third-order valence-electron chi connectivity index (χ3n) is 5.01. The van der Waals surface area contributed by atoms with Gasteiger partial charge in [0.2, 0.25) is 0 Å². The molecule has 3 atom stereocenters. The summed E-state index contributed by atoms with van der Waals surface area (Å²) in [5.74, 6) is 0.317. The molecule has 0 aliphatic heterocycles. The minimum atomic E-state index is -0.634. The first kappa shape index (κ1) is 20.9. The van der Waals surface area contributed by atoms with Crippen molar-refractivity contribution in [1.82, 2.24) is 0 Å². The summed E-state index contributed by atoms with van der Waals surface area (Å²) >= 11 is 0. The molecule has 1 aliphatic carbocycles. The highest BCUT2D eigenvalue weighted by Crippen LogP contribution is 2.38. The van der Waals surface area contributed by atoms with Crippen LogP contribution in [0, 0.1) is 11.8 Å². The number of esters is 1. The standard InChI is InChI=1S/C21H35FO2/c1-3-4-5-6-7-10-13-18-16-17-20(22)19(18)14-11-8-9-12-15-21(23)24-2/h10,12-13,15,18-20H,3-9,11,14,16-17H2,1-2H3/t18-,19+,20?/m0/s1. The van der Waals surface area contributed by atoms with Crippen LogP contribution < -0.4 is 0 Å². The highest BCUT2D eigenvalue weighted by molar-refractivity contribution is 5.81. The molecule has 0 saturated heterocycles. The number of hydrogen-bond acceptors (Lipinski definition) is 2. The fraction of sp³-hybridized carbons (Fsp3) is 0.762. The van der Waals surface area contributed by atoms with E-state index in [0.717, 1.165) is 44.9 Å². The highest BCUT2D eigenvalue weighted by Gasteiger charge is 2.33. The summed E-state index contributed by atoms with van der Waals surface area (Å²) in [6.45, 7) is 2.23. The van der Waals surface area contributed by atoms with E-state index in [1.807, 2.05) is 6.08 Å². The van der Waals surface area contributed by atoms with Crippen LogP contribution in [0.5, 0.6) is 0 Å². The fourth-order valence-electron chi connectivity index (χ4n) is 3.53. The fourth-order valence-corrected chi connectivity index (χ4v) is 3.53. The van der Waals surface area contributed by atoms with Crippen molar-refractivity contribution in [3.63, 3.8) is 0 Å². The summed E-state index contributed by atoms with van der Waals surface area (Å²) < 4.78 is 18.7. The molecule has 0 radical (unpaired) electrons. The smallest absolute Gasteiger partial charge is 0.330 e. The van der Waals surface area contributed by atoms with Gasteiger partial charge in [-0.1, -0.05) is 50.8 Å². The molecule has 1 rings (SSSR count). The summed E-state index contributed by atoms with van der Waals surface area (Å²) in [6, 6.07) is 0. The molecule has 24 heavy (non-hydrogen) atoms. The van der Waals surface area contributed by atoms with Crippen LogP contribution in [0.15, 0.2) is 24.3 Å². The first-order chi connectivity index (χ1) is 11.7. The molecule has 2 nitrogen and oxygen atoms in total. The SMILES string of the molecule is CCCCCCC=C[C@H]1CCC(F)[C@@H]1CCCCC=CC(=O)OC. The first-order valence-corrected chi connectivity index (χ1v) is 9.74. The van der Waals surface area contributed by atoms with E-state index in [9.17, 15) is 9.18 Å². The molecular formula is C21H35FO2. The maximum Gasteiger partial charge on any atom is 0.330 e. The highest BCUT2D eigenvalue weighted by atomic mass is 19.1. The second kappa shape index (κ2) is 13.2. The van der Waals surface area contributed by atoms with Crippen LogP contribution in [0.1, 0.15) is 77.6 Å². The van der Waals surface area contributed by atoms with Crippen molar-refractivity contribution in [3.8, 4) is 0 Å². The largest absolute Gasteiger partial charge is 0.466 e. The second-order valence-electron chi connectivity index (χ2n) is 6.91. The van der Waals surface area contributed by atoms with Gasteiger partial charge in [-0.2, -0.15) is 0 Å². The van der Waals surface area contributed by atoms with Crippen molar-refractivity contribution in [1.29, 1.82) is 0 Å². The zero-order chi connectivity index (χ0) is 17.6. The number of alkyl halides is 1. The number of ether oxygens (including phenoxy) is 1. The van der Waals surface area contributed by atoms with E-state index < -0.39 is 6.17 Å². The number of halogens is 1. The number of unbranched alkanes of at least 4 members (excludes halogenated alkanes) is 6. The van der Waals surface area contributed by atoms with Gasteiger partial charge in [0.05, 0.1) is 7.11 Å². The molecule has 0 spiro atoms. The summed E-state index contributed by atoms with van der Waals surface area (Å²) in [5.41, 5.74) is 0. The molecule has 3 heteroatoms. The Morgan fingerprint density at radius 2 is 1.83 bits per heavy atom. The molecule has 0 aromatic carbocycles. The molecule has 1 aliphatic rings. The van der Waals surface area contributed by atoms with Crippen LogP contribution >= 0.6 is 0 Å². The van der Waals surface area contributed by atoms with Crippen molar-refractivity contribution in [2.24, 2.45) is 11.8 Å². The Morgan fingerprint density at radius 1 is 1.08 bits per heavy atom. The molecule has 0 bridgehead atoms. The molecule has 0 heterocycles. The first-order valence-electron chi connectivity index (χ1n) is 9.74. The monoisotopic (exact) mass is 338 g/mol. The molecule has 0 aromatic rings. The number of allylic oxidation sites excluding steroid dienone is 3. The van der Waals surface area contributed by atoms with Crippen molar-refractivity contribution in [2.45, 2.75) is 83.7 Å². The van der Waals surface area contributed by atoms with Crippen molar-refractivity contribution in [2.75, 3.05) is 7.11 Å². The van der Waals surface area contributed by atoms with E-state index in [4.69, 9.17) is 0 Å². The Bertz CT molecular complexity index is 389. The van der Waals surface area contributed by atoms with E-state index in [1.165, 1.54) is 38.9 Å². The number of carbonyl (C=O) groups excluding carboxylic acids is 1. The van der Waals surface area contributed by atoms with E-state index >= 15 is 0 Å². The van der Waals surface area contributed by atoms with E-state index in [1.54, 1.807) is 0 Å². The minimum Gasteiger partial charge on any atom is -0.466 e. The van der Waals surface area contributed by atoms with E-state index in [0.29, 0.717) is 5.92 Å². The Kier molecular flexibility index (Phi) is 11.5. The van der Waals surface area contributed by atoms with Crippen LogP contribution in [0.4, 0.5) is 4.39 Å². The maximum atomic E-state index is 14.1. The average Bonchev–Trinajstić information content (AvgIpc) is 2.94. The number of hydrogen-bond donors (Lipinski definition) is 0. The summed E-state index contributed by atoms with van der Waals surface area (Å²) in [4.78, 5) is 11.0. The van der Waals surface area contributed by atoms with Crippen LogP contribution in [-0.2, 0) is 9.53 Å². The van der Waals surface area contributed by atoms with E-state index in [-0.39, 0.29) is 11.9 Å². The van der Waals surface area contributed by atoms with Crippen LogP contribution in [0.25, 0.3) is 0 Å². The lowest BCUT2D eigenvalue weighted by atomic mass is 9.89. The number of rotatable bonds is 12. The van der Waals surface area contributed by atoms with Crippen molar-refractivity contribution in [3.05, 3.63) is 24.3 Å². The van der Waals surface area contributed by atoms with Gasteiger partial charge < -0.3 is 4.74 Å². The van der Waals surface area contributed by atoms with Gasteiger partial charge in [-0.05, 0) is 56.8 Å². The quantitative estimate of drug-likeness (QED) is 0.184. The predicted molar refractivity (Wildman–Crippen MR) is 98.6 cm³/mol. The van der Waals surface area contributed by atoms with Crippen LogP contribution in [-0.4, -0.2) is 19.3 Å². The van der Waals surface area contributed by atoms with Gasteiger partial charge in [-0.15, -0.1) is 0 Å². The third-order valence-corrected chi connectivity index (χ3v) is 5.01. The second-order valence-corrected chi connectivity index (χ2v) is 6.91.